The second kappa shape index (κ2) is 11.5. The van der Waals surface area contributed by atoms with Gasteiger partial charge >= 0.3 is 11.9 Å². The largest absolute Gasteiger partial charge is 0.473 e. The van der Waals surface area contributed by atoms with E-state index in [1.165, 1.54) is 6.07 Å². The minimum atomic E-state index is -1.82. The number of benzene rings is 2. The fourth-order valence-corrected chi connectivity index (χ4v) is 4.00. The van der Waals surface area contributed by atoms with Crippen LogP contribution in [0.2, 0.25) is 0 Å². The van der Waals surface area contributed by atoms with Gasteiger partial charge < -0.3 is 20.1 Å². The minimum Gasteiger partial charge on any atom is -0.473 e. The van der Waals surface area contributed by atoms with E-state index in [4.69, 9.17) is 19.8 Å². The summed E-state index contributed by atoms with van der Waals surface area (Å²) in [5, 5.41) is 17.3. The maximum absolute atomic E-state index is 13.7. The van der Waals surface area contributed by atoms with Gasteiger partial charge in [0.25, 0.3) is 0 Å². The number of nitrogens with one attached hydrogen (secondary N) is 1. The van der Waals surface area contributed by atoms with E-state index in [0.29, 0.717) is 5.92 Å². The van der Waals surface area contributed by atoms with Crippen LogP contribution in [0.5, 0.6) is 0 Å². The molecule has 0 atom stereocenters. The number of rotatable bonds is 5. The van der Waals surface area contributed by atoms with Crippen LogP contribution in [-0.2, 0) is 20.9 Å². The van der Waals surface area contributed by atoms with Crippen LogP contribution < -0.4 is 5.32 Å². The standard InChI is InChI=1S/C22H24F2N4O.C2H2O4/c1-15-25-20-4-2-3-5-21(20)28(15)13-16-8-10-27(11-9-16)14-22(29)26-19-7-6-17(23)12-18(19)24;3-1(4)2(5)6/h2-7,12,16H,8-11,13-14H2,1H3,(H,26,29);(H,3,4)(H,5,6). The molecule has 1 saturated heterocycles. The molecule has 3 aromatic rings. The second-order valence-corrected chi connectivity index (χ2v) is 8.26. The molecular weight excluding hydrogens is 462 g/mol. The molecule has 1 fully saturated rings. The number of piperidine rings is 1. The van der Waals surface area contributed by atoms with Crippen LogP contribution in [0.15, 0.2) is 42.5 Å². The van der Waals surface area contributed by atoms with Crippen molar-refractivity contribution in [3.63, 3.8) is 0 Å². The van der Waals surface area contributed by atoms with Gasteiger partial charge in [0.05, 0.1) is 23.3 Å². The summed E-state index contributed by atoms with van der Waals surface area (Å²) < 4.78 is 28.9. The topological polar surface area (TPSA) is 125 Å². The molecule has 0 radical (unpaired) electrons. The Morgan fingerprint density at radius 2 is 1.71 bits per heavy atom. The molecule has 9 nitrogen and oxygen atoms in total. The summed E-state index contributed by atoms with van der Waals surface area (Å²) in [5.41, 5.74) is 2.19. The first-order valence-electron chi connectivity index (χ1n) is 11.0. The van der Waals surface area contributed by atoms with Crippen LogP contribution in [-0.4, -0.2) is 62.1 Å². The van der Waals surface area contributed by atoms with Crippen LogP contribution in [0.4, 0.5) is 14.5 Å². The number of likely N-dealkylation sites (tertiary alicyclic amines) is 1. The highest BCUT2D eigenvalue weighted by atomic mass is 19.1. The van der Waals surface area contributed by atoms with E-state index in [-0.39, 0.29) is 18.1 Å². The third kappa shape index (κ3) is 7.06. The molecule has 4 rings (SSSR count). The molecule has 3 N–H and O–H groups in total. The number of imidazole rings is 1. The first-order chi connectivity index (χ1) is 16.6. The molecule has 11 heteroatoms. The lowest BCUT2D eigenvalue weighted by Gasteiger charge is -2.31. The van der Waals surface area contributed by atoms with Gasteiger partial charge in [-0.15, -0.1) is 0 Å². The highest BCUT2D eigenvalue weighted by Crippen LogP contribution is 2.23. The fourth-order valence-electron chi connectivity index (χ4n) is 4.00. The number of anilines is 1. The summed E-state index contributed by atoms with van der Waals surface area (Å²) in [6.07, 6.45) is 1.98. The maximum Gasteiger partial charge on any atom is 0.414 e. The van der Waals surface area contributed by atoms with E-state index >= 15 is 0 Å². The number of nitrogens with zero attached hydrogens (tertiary/aromatic N) is 3. The predicted molar refractivity (Wildman–Crippen MR) is 124 cm³/mol. The maximum atomic E-state index is 13.7. The Labute approximate surface area is 200 Å². The lowest BCUT2D eigenvalue weighted by Crippen LogP contribution is -2.40. The molecular formula is C24H26F2N4O5. The molecule has 2 heterocycles. The van der Waals surface area contributed by atoms with Gasteiger partial charge in [-0.1, -0.05) is 12.1 Å². The van der Waals surface area contributed by atoms with E-state index in [2.05, 4.69) is 25.8 Å². The Morgan fingerprint density at radius 1 is 1.06 bits per heavy atom. The smallest absolute Gasteiger partial charge is 0.414 e. The monoisotopic (exact) mass is 488 g/mol. The fraction of sp³-hybridized carbons (Fsp3) is 0.333. The van der Waals surface area contributed by atoms with E-state index in [1.807, 2.05) is 25.1 Å². The van der Waals surface area contributed by atoms with Crippen molar-refractivity contribution in [1.29, 1.82) is 0 Å². The van der Waals surface area contributed by atoms with Gasteiger partial charge in [-0.3, -0.25) is 9.69 Å². The summed E-state index contributed by atoms with van der Waals surface area (Å²) in [6, 6.07) is 11.3. The molecule has 1 aliphatic heterocycles. The normalized spacial score (nSPS) is 14.3. The first kappa shape index (κ1) is 25.8. The van der Waals surface area contributed by atoms with Crippen LogP contribution in [0.25, 0.3) is 11.0 Å². The molecule has 0 spiro atoms. The lowest BCUT2D eigenvalue weighted by molar-refractivity contribution is -0.159. The van der Waals surface area contributed by atoms with Crippen molar-refractivity contribution in [2.75, 3.05) is 25.0 Å². The second-order valence-electron chi connectivity index (χ2n) is 8.26. The van der Waals surface area contributed by atoms with Crippen LogP contribution in [0.3, 0.4) is 0 Å². The highest BCUT2D eigenvalue weighted by molar-refractivity contribution is 6.27. The van der Waals surface area contributed by atoms with Gasteiger partial charge in [-0.2, -0.15) is 0 Å². The van der Waals surface area contributed by atoms with Crippen molar-refractivity contribution in [3.8, 4) is 0 Å². The zero-order valence-electron chi connectivity index (χ0n) is 19.1. The van der Waals surface area contributed by atoms with Gasteiger partial charge in [0, 0.05) is 12.6 Å². The number of aliphatic carboxylic acids is 2. The molecule has 1 aliphatic rings. The SMILES string of the molecule is Cc1nc2ccccc2n1CC1CCN(CC(=O)Nc2ccc(F)cc2F)CC1.O=C(O)C(=O)O. The molecule has 1 amide bonds. The number of amides is 1. The Morgan fingerprint density at radius 3 is 2.34 bits per heavy atom. The summed E-state index contributed by atoms with van der Waals surface area (Å²) >= 11 is 0. The molecule has 0 saturated carbocycles. The number of para-hydroxylation sites is 2. The number of carbonyl (C=O) groups excluding carboxylic acids is 1. The Bertz CT molecular complexity index is 1210. The Hall–Kier alpha value is -3.86. The molecule has 2 aromatic carbocycles. The quantitative estimate of drug-likeness (QED) is 0.471. The number of carbonyl (C=O) groups is 3. The number of hydrogen-bond donors (Lipinski definition) is 3. The van der Waals surface area contributed by atoms with E-state index < -0.39 is 23.6 Å². The van der Waals surface area contributed by atoms with Crippen molar-refractivity contribution < 1.29 is 33.4 Å². The van der Waals surface area contributed by atoms with Crippen molar-refractivity contribution in [2.45, 2.75) is 26.3 Å². The van der Waals surface area contributed by atoms with Crippen LogP contribution >= 0.6 is 0 Å². The summed E-state index contributed by atoms with van der Waals surface area (Å²) in [4.78, 5) is 37.1. The van der Waals surface area contributed by atoms with Crippen LogP contribution in [0.1, 0.15) is 18.7 Å². The molecule has 0 bridgehead atoms. The van der Waals surface area contributed by atoms with E-state index in [0.717, 1.165) is 61.5 Å². The van der Waals surface area contributed by atoms with Crippen LogP contribution in [0, 0.1) is 24.5 Å². The summed E-state index contributed by atoms with van der Waals surface area (Å²) in [6.45, 7) is 4.79. The van der Waals surface area contributed by atoms with Gasteiger partial charge in [0.15, 0.2) is 0 Å². The first-order valence-corrected chi connectivity index (χ1v) is 11.0. The number of halogens is 2. The highest BCUT2D eigenvalue weighted by Gasteiger charge is 2.22. The van der Waals surface area contributed by atoms with Gasteiger partial charge in [-0.25, -0.2) is 23.4 Å². The van der Waals surface area contributed by atoms with Gasteiger partial charge in [-0.05, 0) is 63.0 Å². The molecule has 0 unspecified atom stereocenters. The molecule has 0 aliphatic carbocycles. The third-order valence-electron chi connectivity index (χ3n) is 5.75. The number of fused-ring (bicyclic) bond motifs is 1. The lowest BCUT2D eigenvalue weighted by atomic mass is 9.96. The average Bonchev–Trinajstić information content (AvgIpc) is 3.12. The average molecular weight is 488 g/mol. The molecule has 35 heavy (non-hydrogen) atoms. The predicted octanol–water partition coefficient (Wildman–Crippen LogP) is 3.13. The zero-order valence-corrected chi connectivity index (χ0v) is 19.1. The third-order valence-corrected chi connectivity index (χ3v) is 5.75. The van der Waals surface area contributed by atoms with E-state index in [1.54, 1.807) is 0 Å². The Balaban J connectivity index is 0.000000509. The minimum absolute atomic E-state index is 0.00810. The number of hydrogen-bond acceptors (Lipinski definition) is 5. The Kier molecular flexibility index (Phi) is 8.48. The molecule has 1 aromatic heterocycles. The summed E-state index contributed by atoms with van der Waals surface area (Å²) in [7, 11) is 0. The van der Waals surface area contributed by atoms with Crippen molar-refractivity contribution in [2.24, 2.45) is 5.92 Å². The molecule has 186 valence electrons. The van der Waals surface area contributed by atoms with Gasteiger partial charge in [0.2, 0.25) is 5.91 Å². The van der Waals surface area contributed by atoms with Crippen molar-refractivity contribution in [1.82, 2.24) is 14.5 Å². The number of aryl methyl sites for hydroxylation is 1. The van der Waals surface area contributed by atoms with Crippen molar-refractivity contribution in [3.05, 3.63) is 59.9 Å². The van der Waals surface area contributed by atoms with Gasteiger partial charge in [0.1, 0.15) is 17.5 Å². The number of aromatic nitrogens is 2. The number of carboxylic acids is 2. The zero-order chi connectivity index (χ0) is 25.5. The van der Waals surface area contributed by atoms with Crippen molar-refractivity contribution >= 4 is 34.6 Å². The summed E-state index contributed by atoms with van der Waals surface area (Å²) in [5.74, 6) is -3.81. The van der Waals surface area contributed by atoms with E-state index in [9.17, 15) is 13.6 Å². The number of carboxylic acid groups (broad SMARTS) is 2.